The van der Waals surface area contributed by atoms with Crippen LogP contribution >= 0.6 is 0 Å². The number of hydrogen-bond donors (Lipinski definition) is 2. The van der Waals surface area contributed by atoms with Crippen LogP contribution in [0, 0.1) is 0 Å². The van der Waals surface area contributed by atoms with Crippen molar-refractivity contribution in [3.63, 3.8) is 0 Å². The summed E-state index contributed by atoms with van der Waals surface area (Å²) in [5.41, 5.74) is 0.346. The van der Waals surface area contributed by atoms with Crippen LogP contribution in [0.1, 0.15) is 12.8 Å². The number of carbonyl (C=O) groups excluding carboxylic acids is 1. The van der Waals surface area contributed by atoms with Gasteiger partial charge in [-0.15, -0.1) is 0 Å². The number of ketones is 1. The van der Waals surface area contributed by atoms with E-state index >= 15 is 0 Å². The number of hydrogen-bond acceptors (Lipinski definition) is 3. The molecule has 0 radical (unpaired) electrons. The fourth-order valence-corrected chi connectivity index (χ4v) is 0.989. The Morgan fingerprint density at radius 2 is 2.40 bits per heavy atom. The molecule has 0 aromatic rings. The molecule has 1 rings (SSSR count). The van der Waals surface area contributed by atoms with Crippen molar-refractivity contribution >= 4 is 5.78 Å². The Kier molecular flexibility index (Phi) is 2.19. The molecule has 0 fully saturated rings. The summed E-state index contributed by atoms with van der Waals surface area (Å²) in [6.45, 7) is -0.254. The van der Waals surface area contributed by atoms with E-state index in [1.807, 2.05) is 0 Å². The van der Waals surface area contributed by atoms with Gasteiger partial charge in [-0.05, 0) is 12.5 Å². The zero-order valence-electron chi connectivity index (χ0n) is 5.58. The summed E-state index contributed by atoms with van der Waals surface area (Å²) in [7, 11) is 0. The van der Waals surface area contributed by atoms with Crippen molar-refractivity contribution in [3.05, 3.63) is 11.6 Å². The van der Waals surface area contributed by atoms with Gasteiger partial charge in [0, 0.05) is 12.0 Å². The van der Waals surface area contributed by atoms with E-state index in [0.29, 0.717) is 18.4 Å². The van der Waals surface area contributed by atoms with Crippen LogP contribution in [0.3, 0.4) is 0 Å². The fraction of sp³-hybridized carbons (Fsp3) is 0.571. The van der Waals surface area contributed by atoms with Gasteiger partial charge in [-0.3, -0.25) is 4.79 Å². The zero-order valence-corrected chi connectivity index (χ0v) is 5.58. The molecule has 0 aromatic carbocycles. The minimum absolute atomic E-state index is 0.0483. The molecule has 0 saturated heterocycles. The predicted molar refractivity (Wildman–Crippen MR) is 35.4 cm³/mol. The van der Waals surface area contributed by atoms with Crippen molar-refractivity contribution in [1.29, 1.82) is 0 Å². The molecule has 0 saturated carbocycles. The molecule has 1 aliphatic carbocycles. The lowest BCUT2D eigenvalue weighted by Gasteiger charge is -2.13. The molecule has 10 heavy (non-hydrogen) atoms. The first kappa shape index (κ1) is 7.44. The van der Waals surface area contributed by atoms with E-state index in [4.69, 9.17) is 10.2 Å². The third-order valence-electron chi connectivity index (χ3n) is 1.59. The maximum absolute atomic E-state index is 10.8. The molecule has 0 bridgehead atoms. The van der Waals surface area contributed by atoms with Crippen molar-refractivity contribution in [2.75, 3.05) is 6.61 Å². The summed E-state index contributed by atoms with van der Waals surface area (Å²) in [6, 6.07) is 0. The van der Waals surface area contributed by atoms with Crippen molar-refractivity contribution in [3.8, 4) is 0 Å². The van der Waals surface area contributed by atoms with Crippen molar-refractivity contribution < 1.29 is 15.0 Å². The summed E-state index contributed by atoms with van der Waals surface area (Å²) in [6.07, 6.45) is 1.72. The Morgan fingerprint density at radius 3 is 2.90 bits per heavy atom. The van der Waals surface area contributed by atoms with Gasteiger partial charge in [0.15, 0.2) is 5.78 Å². The average molecular weight is 142 g/mol. The quantitative estimate of drug-likeness (QED) is 0.525. The number of rotatable bonds is 1. The van der Waals surface area contributed by atoms with Crippen LogP contribution in [-0.4, -0.2) is 28.7 Å². The smallest absolute Gasteiger partial charge is 0.161 e. The lowest BCUT2D eigenvalue weighted by atomic mass is 9.97. The SMILES string of the molecule is O=C1CCC(O)C=C1CO. The molecule has 56 valence electrons. The average Bonchev–Trinajstić information content (AvgIpc) is 1.94. The first-order valence-electron chi connectivity index (χ1n) is 3.27. The Morgan fingerprint density at radius 1 is 1.70 bits per heavy atom. The van der Waals surface area contributed by atoms with Crippen molar-refractivity contribution in [1.82, 2.24) is 0 Å². The molecule has 0 heterocycles. The summed E-state index contributed by atoms with van der Waals surface area (Å²) < 4.78 is 0. The van der Waals surface area contributed by atoms with E-state index < -0.39 is 6.10 Å². The van der Waals surface area contributed by atoms with E-state index in [0.717, 1.165) is 0 Å². The van der Waals surface area contributed by atoms with Crippen LogP contribution in [-0.2, 0) is 4.79 Å². The van der Waals surface area contributed by atoms with Crippen molar-refractivity contribution in [2.24, 2.45) is 0 Å². The van der Waals surface area contributed by atoms with Gasteiger partial charge in [0.1, 0.15) is 0 Å². The molecule has 2 N–H and O–H groups in total. The molecular weight excluding hydrogens is 132 g/mol. The van der Waals surface area contributed by atoms with Gasteiger partial charge < -0.3 is 10.2 Å². The zero-order chi connectivity index (χ0) is 7.56. The standard InChI is InChI=1S/C7H10O3/c8-4-5-3-6(9)1-2-7(5)10/h3,6,8-9H,1-2,4H2. The van der Waals surface area contributed by atoms with Gasteiger partial charge >= 0.3 is 0 Å². The highest BCUT2D eigenvalue weighted by atomic mass is 16.3. The summed E-state index contributed by atoms with van der Waals surface area (Å²) in [4.78, 5) is 10.8. The topological polar surface area (TPSA) is 57.5 Å². The third-order valence-corrected chi connectivity index (χ3v) is 1.59. The van der Waals surface area contributed by atoms with E-state index in [2.05, 4.69) is 0 Å². The number of carbonyl (C=O) groups is 1. The van der Waals surface area contributed by atoms with E-state index in [1.54, 1.807) is 0 Å². The maximum atomic E-state index is 10.8. The van der Waals surface area contributed by atoms with E-state index in [-0.39, 0.29) is 12.4 Å². The lowest BCUT2D eigenvalue weighted by Crippen LogP contribution is -2.18. The molecule has 3 nitrogen and oxygen atoms in total. The summed E-state index contributed by atoms with van der Waals surface area (Å²) in [5.74, 6) is -0.0483. The molecule has 1 aliphatic rings. The highest BCUT2D eigenvalue weighted by molar-refractivity contribution is 5.96. The minimum Gasteiger partial charge on any atom is -0.392 e. The fourth-order valence-electron chi connectivity index (χ4n) is 0.989. The molecule has 0 amide bonds. The van der Waals surface area contributed by atoms with E-state index in [9.17, 15) is 4.79 Å². The second-order valence-electron chi connectivity index (χ2n) is 2.38. The first-order valence-corrected chi connectivity index (χ1v) is 3.27. The van der Waals surface area contributed by atoms with Gasteiger partial charge in [0.25, 0.3) is 0 Å². The second-order valence-corrected chi connectivity index (χ2v) is 2.38. The van der Waals surface area contributed by atoms with Crippen LogP contribution in [0.4, 0.5) is 0 Å². The monoisotopic (exact) mass is 142 g/mol. The minimum atomic E-state index is -0.542. The van der Waals surface area contributed by atoms with Crippen LogP contribution in [0.15, 0.2) is 11.6 Å². The predicted octanol–water partition coefficient (Wildman–Crippen LogP) is -0.371. The lowest BCUT2D eigenvalue weighted by molar-refractivity contribution is -0.117. The summed E-state index contributed by atoms with van der Waals surface area (Å²) in [5, 5.41) is 17.6. The normalized spacial score (nSPS) is 26.4. The maximum Gasteiger partial charge on any atom is 0.161 e. The number of Topliss-reactive ketones (excluding diaryl/α,β-unsaturated/α-hetero) is 1. The van der Waals surface area contributed by atoms with Gasteiger partial charge in [0.05, 0.1) is 12.7 Å². The molecule has 0 aromatic heterocycles. The Labute approximate surface area is 59.0 Å². The highest BCUT2D eigenvalue weighted by Crippen LogP contribution is 2.13. The van der Waals surface area contributed by atoms with Crippen LogP contribution in [0.2, 0.25) is 0 Å². The van der Waals surface area contributed by atoms with Gasteiger partial charge in [-0.1, -0.05) is 0 Å². The molecule has 0 spiro atoms. The second kappa shape index (κ2) is 2.94. The Bertz CT molecular complexity index is 172. The van der Waals surface area contributed by atoms with Crippen LogP contribution < -0.4 is 0 Å². The van der Waals surface area contributed by atoms with Gasteiger partial charge in [0.2, 0.25) is 0 Å². The molecule has 0 aliphatic heterocycles. The molecule has 1 unspecified atom stereocenters. The van der Waals surface area contributed by atoms with Crippen molar-refractivity contribution in [2.45, 2.75) is 18.9 Å². The Hall–Kier alpha value is -0.670. The summed E-state index contributed by atoms with van der Waals surface area (Å²) >= 11 is 0. The number of aliphatic hydroxyl groups is 2. The first-order chi connectivity index (χ1) is 4.74. The van der Waals surface area contributed by atoms with Crippen LogP contribution in [0.5, 0.6) is 0 Å². The molecule has 3 heteroatoms. The Balaban J connectivity index is 2.72. The van der Waals surface area contributed by atoms with Gasteiger partial charge in [-0.25, -0.2) is 0 Å². The molecule has 1 atom stereocenters. The largest absolute Gasteiger partial charge is 0.392 e. The third kappa shape index (κ3) is 1.43. The highest BCUT2D eigenvalue weighted by Gasteiger charge is 2.17. The molecular formula is C7H10O3. The number of aliphatic hydroxyl groups excluding tert-OH is 2. The van der Waals surface area contributed by atoms with E-state index in [1.165, 1.54) is 6.08 Å². The van der Waals surface area contributed by atoms with Crippen LogP contribution in [0.25, 0.3) is 0 Å². The van der Waals surface area contributed by atoms with Gasteiger partial charge in [-0.2, -0.15) is 0 Å².